The Morgan fingerprint density at radius 1 is 1.14 bits per heavy atom. The third kappa shape index (κ3) is 5.74. The zero-order chi connectivity index (χ0) is 24.1. The van der Waals surface area contributed by atoms with E-state index in [0.717, 1.165) is 60.9 Å². The maximum absolute atomic E-state index is 11.4. The fraction of sp³-hybridized carbons (Fsp3) is 0.429. The molecule has 1 atom stereocenters. The van der Waals surface area contributed by atoms with Crippen LogP contribution in [0, 0.1) is 0 Å². The molecule has 7 heteroatoms. The first kappa shape index (κ1) is 23.6. The van der Waals surface area contributed by atoms with Crippen molar-refractivity contribution in [1.82, 2.24) is 15.3 Å². The summed E-state index contributed by atoms with van der Waals surface area (Å²) in [5.41, 5.74) is 3.37. The molecule has 0 radical (unpaired) electrons. The summed E-state index contributed by atoms with van der Waals surface area (Å²) in [4.78, 5) is 9.01. The number of nitrogens with zero attached hydrogens (tertiary/aromatic N) is 2. The number of rotatable bonds is 9. The quantitative estimate of drug-likeness (QED) is 0.477. The van der Waals surface area contributed by atoms with Gasteiger partial charge in [0.15, 0.2) is 5.76 Å². The van der Waals surface area contributed by atoms with Crippen LogP contribution < -0.4 is 10.1 Å². The summed E-state index contributed by atoms with van der Waals surface area (Å²) in [6, 6.07) is 16.6. The van der Waals surface area contributed by atoms with Gasteiger partial charge in [0.05, 0.1) is 29.8 Å². The van der Waals surface area contributed by atoms with Crippen molar-refractivity contribution in [3.05, 3.63) is 77.9 Å². The van der Waals surface area contributed by atoms with E-state index in [1.54, 1.807) is 13.4 Å². The van der Waals surface area contributed by atoms with Crippen LogP contribution in [0.3, 0.4) is 0 Å². The molecule has 2 N–H and O–H groups in total. The molecule has 1 aliphatic heterocycles. The van der Waals surface area contributed by atoms with Crippen LogP contribution in [-0.4, -0.2) is 46.7 Å². The van der Waals surface area contributed by atoms with Gasteiger partial charge in [-0.05, 0) is 68.2 Å². The second-order valence-electron chi connectivity index (χ2n) is 9.55. The predicted molar refractivity (Wildman–Crippen MR) is 134 cm³/mol. The second-order valence-corrected chi connectivity index (χ2v) is 9.55. The van der Waals surface area contributed by atoms with E-state index in [1.807, 2.05) is 30.5 Å². The van der Waals surface area contributed by atoms with Gasteiger partial charge in [-0.1, -0.05) is 30.3 Å². The monoisotopic (exact) mass is 475 g/mol. The van der Waals surface area contributed by atoms with Crippen molar-refractivity contribution in [3.8, 4) is 5.88 Å². The van der Waals surface area contributed by atoms with Crippen molar-refractivity contribution in [3.63, 3.8) is 0 Å². The summed E-state index contributed by atoms with van der Waals surface area (Å²) in [5.74, 6) is 1.43. The smallest absolute Gasteiger partial charge is 0.229 e. The van der Waals surface area contributed by atoms with E-state index in [-0.39, 0.29) is 12.8 Å². The third-order valence-corrected chi connectivity index (χ3v) is 7.18. The van der Waals surface area contributed by atoms with Gasteiger partial charge in [-0.15, -0.1) is 0 Å². The maximum Gasteiger partial charge on any atom is 0.229 e. The van der Waals surface area contributed by atoms with Crippen molar-refractivity contribution >= 4 is 11.0 Å². The number of fused-ring (bicyclic) bond motifs is 1. The number of nitrogens with one attached hydrogen (secondary N) is 1. The van der Waals surface area contributed by atoms with Crippen LogP contribution in [0.4, 0.5) is 0 Å². The molecule has 2 aliphatic rings. The van der Waals surface area contributed by atoms with E-state index < -0.39 is 5.60 Å². The molecule has 0 saturated heterocycles. The Labute approximate surface area is 206 Å². The van der Waals surface area contributed by atoms with Crippen molar-refractivity contribution < 1.29 is 19.3 Å². The molecule has 2 aromatic heterocycles. The van der Waals surface area contributed by atoms with E-state index in [1.165, 1.54) is 5.56 Å². The maximum atomic E-state index is 11.4. The normalized spacial score (nSPS) is 22.8. The standard InChI is InChI=1S/C28H33N3O4/c1-33-26-8-7-23-27(31-26)21(12-16-29-23)9-13-28(32)14-10-22(11-15-28)30-24(25-18-34-19-35-25)17-20-5-3-2-4-6-20/h2-8,12,16,18,22,24,30,32H,9-11,13-15,17,19H2,1H3. The number of methoxy groups -OCH3 is 1. The molecule has 0 bridgehead atoms. The number of benzene rings is 1. The van der Waals surface area contributed by atoms with Gasteiger partial charge in [-0.3, -0.25) is 4.98 Å². The van der Waals surface area contributed by atoms with Crippen molar-refractivity contribution in [2.24, 2.45) is 0 Å². The van der Waals surface area contributed by atoms with Gasteiger partial charge in [0.1, 0.15) is 6.26 Å². The highest BCUT2D eigenvalue weighted by Crippen LogP contribution is 2.34. The first-order valence-electron chi connectivity index (χ1n) is 12.4. The van der Waals surface area contributed by atoms with Crippen molar-refractivity contribution in [2.75, 3.05) is 13.9 Å². The highest BCUT2D eigenvalue weighted by atomic mass is 16.7. The lowest BCUT2D eigenvalue weighted by Crippen LogP contribution is -2.46. The van der Waals surface area contributed by atoms with Gasteiger partial charge in [0.25, 0.3) is 0 Å². The van der Waals surface area contributed by atoms with Crippen molar-refractivity contribution in [2.45, 2.75) is 62.6 Å². The Hall–Kier alpha value is -3.16. The van der Waals surface area contributed by atoms with Crippen molar-refractivity contribution in [1.29, 1.82) is 0 Å². The minimum Gasteiger partial charge on any atom is -0.481 e. The number of ether oxygens (including phenoxy) is 3. The molecular formula is C28H33N3O4. The Morgan fingerprint density at radius 3 is 2.71 bits per heavy atom. The van der Waals surface area contributed by atoms with E-state index in [4.69, 9.17) is 14.2 Å². The Morgan fingerprint density at radius 2 is 1.97 bits per heavy atom. The van der Waals surface area contributed by atoms with Gasteiger partial charge in [0, 0.05) is 18.3 Å². The van der Waals surface area contributed by atoms with Crippen LogP contribution in [-0.2, 0) is 22.3 Å². The summed E-state index contributed by atoms with van der Waals surface area (Å²) < 4.78 is 16.3. The number of pyridine rings is 2. The van der Waals surface area contributed by atoms with Crippen LogP contribution in [0.1, 0.15) is 43.2 Å². The van der Waals surface area contributed by atoms with Gasteiger partial charge in [0.2, 0.25) is 12.7 Å². The zero-order valence-electron chi connectivity index (χ0n) is 20.2. The van der Waals surface area contributed by atoms with E-state index >= 15 is 0 Å². The van der Waals surface area contributed by atoms with E-state index in [0.29, 0.717) is 18.3 Å². The largest absolute Gasteiger partial charge is 0.481 e. The van der Waals surface area contributed by atoms with Crippen LogP contribution >= 0.6 is 0 Å². The highest BCUT2D eigenvalue weighted by molar-refractivity contribution is 5.78. The number of aryl methyl sites for hydroxylation is 1. The van der Waals surface area contributed by atoms with Crippen LogP contribution in [0.5, 0.6) is 5.88 Å². The van der Waals surface area contributed by atoms with E-state index in [2.05, 4.69) is 39.6 Å². The molecule has 0 spiro atoms. The molecule has 1 fully saturated rings. The fourth-order valence-corrected chi connectivity index (χ4v) is 5.13. The minimum atomic E-state index is -0.673. The third-order valence-electron chi connectivity index (χ3n) is 7.18. The van der Waals surface area contributed by atoms with Crippen LogP contribution in [0.2, 0.25) is 0 Å². The number of aromatic nitrogens is 2. The molecule has 7 nitrogen and oxygen atoms in total. The molecule has 0 amide bonds. The number of hydrogen-bond acceptors (Lipinski definition) is 7. The Balaban J connectivity index is 1.19. The highest BCUT2D eigenvalue weighted by Gasteiger charge is 2.34. The minimum absolute atomic E-state index is 0.0559. The summed E-state index contributed by atoms with van der Waals surface area (Å²) in [7, 11) is 1.62. The van der Waals surface area contributed by atoms with Gasteiger partial charge in [-0.25, -0.2) is 4.98 Å². The first-order chi connectivity index (χ1) is 17.1. The summed E-state index contributed by atoms with van der Waals surface area (Å²) in [6.07, 6.45) is 9.18. The molecule has 1 aromatic carbocycles. The van der Waals surface area contributed by atoms with E-state index in [9.17, 15) is 5.11 Å². The molecular weight excluding hydrogens is 442 g/mol. The predicted octanol–water partition coefficient (Wildman–Crippen LogP) is 4.29. The van der Waals surface area contributed by atoms with Gasteiger partial charge >= 0.3 is 0 Å². The first-order valence-corrected chi connectivity index (χ1v) is 12.4. The average molecular weight is 476 g/mol. The molecule has 3 heterocycles. The Bertz CT molecular complexity index is 1160. The lowest BCUT2D eigenvalue weighted by Gasteiger charge is -2.38. The molecule has 3 aromatic rings. The molecule has 184 valence electrons. The molecule has 35 heavy (non-hydrogen) atoms. The molecule has 1 saturated carbocycles. The second kappa shape index (κ2) is 10.6. The molecule has 1 unspecified atom stereocenters. The summed E-state index contributed by atoms with van der Waals surface area (Å²) in [5, 5.41) is 15.1. The van der Waals surface area contributed by atoms with Gasteiger partial charge < -0.3 is 24.6 Å². The summed E-state index contributed by atoms with van der Waals surface area (Å²) >= 11 is 0. The fourth-order valence-electron chi connectivity index (χ4n) is 5.13. The number of aliphatic hydroxyl groups is 1. The average Bonchev–Trinajstić information content (AvgIpc) is 3.44. The molecule has 5 rings (SSSR count). The number of hydrogen-bond donors (Lipinski definition) is 2. The van der Waals surface area contributed by atoms with Gasteiger partial charge in [-0.2, -0.15) is 0 Å². The van der Waals surface area contributed by atoms with Crippen LogP contribution in [0.25, 0.3) is 11.0 Å². The lowest BCUT2D eigenvalue weighted by atomic mass is 9.78. The summed E-state index contributed by atoms with van der Waals surface area (Å²) in [6.45, 7) is 0.275. The topological polar surface area (TPSA) is 85.7 Å². The van der Waals surface area contributed by atoms with Crippen LogP contribution in [0.15, 0.2) is 66.7 Å². The SMILES string of the molecule is COc1ccc2nccc(CCC3(O)CCC(NC(Cc4ccccc4)C4=COCO4)CC3)c2n1. The zero-order valence-corrected chi connectivity index (χ0v) is 20.2. The Kier molecular flexibility index (Phi) is 7.16. The lowest BCUT2D eigenvalue weighted by molar-refractivity contribution is -0.0120. The molecule has 1 aliphatic carbocycles.